The van der Waals surface area contributed by atoms with Crippen molar-refractivity contribution < 1.29 is 19.3 Å². The van der Waals surface area contributed by atoms with Crippen molar-refractivity contribution in [2.75, 3.05) is 5.32 Å². The molecule has 1 heterocycles. The van der Waals surface area contributed by atoms with Crippen LogP contribution in [0.3, 0.4) is 0 Å². The predicted molar refractivity (Wildman–Crippen MR) is 96.3 cm³/mol. The molecule has 0 aliphatic carbocycles. The molecule has 4 amide bonds. The zero-order valence-corrected chi connectivity index (χ0v) is 14.5. The van der Waals surface area contributed by atoms with Crippen LogP contribution in [0.2, 0.25) is 0 Å². The number of nitrogens with one attached hydrogen (secondary N) is 3. The number of nitro benzene ring substituents is 1. The Hall–Kier alpha value is -3.75. The number of nitro groups is 1. The number of imide groups is 1. The van der Waals surface area contributed by atoms with Gasteiger partial charge in [-0.3, -0.25) is 25.0 Å². The van der Waals surface area contributed by atoms with Crippen LogP contribution in [0.1, 0.15) is 28.4 Å². The third-order valence-corrected chi connectivity index (χ3v) is 4.40. The molecule has 3 N–H and O–H groups in total. The van der Waals surface area contributed by atoms with Crippen molar-refractivity contribution in [3.8, 4) is 0 Å². The molecule has 1 aliphatic heterocycles. The number of hydrogen-bond acceptors (Lipinski definition) is 5. The molecular formula is C18H16N4O5. The fourth-order valence-corrected chi connectivity index (χ4v) is 2.86. The molecule has 0 aromatic heterocycles. The van der Waals surface area contributed by atoms with Crippen LogP contribution in [0, 0.1) is 17.0 Å². The Morgan fingerprint density at radius 1 is 1.19 bits per heavy atom. The highest BCUT2D eigenvalue weighted by Gasteiger charge is 2.43. The van der Waals surface area contributed by atoms with Crippen LogP contribution in [0.25, 0.3) is 0 Å². The van der Waals surface area contributed by atoms with Gasteiger partial charge in [-0.05, 0) is 43.7 Å². The van der Waals surface area contributed by atoms with Gasteiger partial charge in [0.1, 0.15) is 5.54 Å². The fourth-order valence-electron chi connectivity index (χ4n) is 2.86. The number of anilines is 1. The Morgan fingerprint density at radius 2 is 1.93 bits per heavy atom. The van der Waals surface area contributed by atoms with Crippen LogP contribution in [0.15, 0.2) is 42.5 Å². The lowest BCUT2D eigenvalue weighted by molar-refractivity contribution is -0.385. The number of urea groups is 1. The van der Waals surface area contributed by atoms with Crippen molar-refractivity contribution in [3.05, 3.63) is 69.3 Å². The second kappa shape index (κ2) is 6.52. The molecule has 2 aromatic rings. The van der Waals surface area contributed by atoms with Crippen LogP contribution in [-0.4, -0.2) is 22.8 Å². The molecule has 2 aromatic carbocycles. The zero-order valence-electron chi connectivity index (χ0n) is 14.5. The summed E-state index contributed by atoms with van der Waals surface area (Å²) in [6.07, 6.45) is 0. The molecular weight excluding hydrogens is 352 g/mol. The first-order valence-electron chi connectivity index (χ1n) is 8.01. The average Bonchev–Trinajstić information content (AvgIpc) is 2.87. The van der Waals surface area contributed by atoms with Crippen molar-refractivity contribution in [3.63, 3.8) is 0 Å². The SMILES string of the molecule is Cc1cc(C(=O)Nc2cccc([C@]3(C)NC(=O)NC3=O)c2)ccc1[N+](=O)[O-]. The van der Waals surface area contributed by atoms with Crippen molar-refractivity contribution in [2.24, 2.45) is 0 Å². The van der Waals surface area contributed by atoms with Gasteiger partial charge < -0.3 is 10.6 Å². The van der Waals surface area contributed by atoms with Gasteiger partial charge in [0.05, 0.1) is 4.92 Å². The van der Waals surface area contributed by atoms with Crippen LogP contribution in [0.4, 0.5) is 16.2 Å². The third-order valence-electron chi connectivity index (χ3n) is 4.40. The first-order valence-corrected chi connectivity index (χ1v) is 8.01. The molecule has 3 rings (SSSR count). The van der Waals surface area contributed by atoms with Gasteiger partial charge in [0.2, 0.25) is 0 Å². The summed E-state index contributed by atoms with van der Waals surface area (Å²) in [6, 6.07) is 10.0. The second-order valence-corrected chi connectivity index (χ2v) is 6.33. The molecule has 138 valence electrons. The summed E-state index contributed by atoms with van der Waals surface area (Å²) in [5.41, 5.74) is 0.263. The van der Waals surface area contributed by atoms with E-state index in [2.05, 4.69) is 16.0 Å². The molecule has 9 heteroatoms. The van der Waals surface area contributed by atoms with Crippen LogP contribution < -0.4 is 16.0 Å². The Kier molecular flexibility index (Phi) is 4.36. The molecule has 0 spiro atoms. The Bertz CT molecular complexity index is 987. The van der Waals surface area contributed by atoms with E-state index in [-0.39, 0.29) is 11.3 Å². The molecule has 0 unspecified atom stereocenters. The first-order chi connectivity index (χ1) is 12.7. The van der Waals surface area contributed by atoms with E-state index in [1.54, 1.807) is 38.1 Å². The molecule has 0 radical (unpaired) electrons. The maximum absolute atomic E-state index is 12.4. The largest absolute Gasteiger partial charge is 0.322 e. The second-order valence-electron chi connectivity index (χ2n) is 6.33. The minimum Gasteiger partial charge on any atom is -0.322 e. The smallest absolute Gasteiger partial charge is 0.322 e. The quantitative estimate of drug-likeness (QED) is 0.433. The lowest BCUT2D eigenvalue weighted by Gasteiger charge is -2.21. The predicted octanol–water partition coefficient (Wildman–Crippen LogP) is 2.21. The molecule has 9 nitrogen and oxygen atoms in total. The maximum atomic E-state index is 12.4. The highest BCUT2D eigenvalue weighted by molar-refractivity contribution is 6.08. The van der Waals surface area contributed by atoms with Gasteiger partial charge in [0.25, 0.3) is 17.5 Å². The number of hydrogen-bond donors (Lipinski definition) is 3. The van der Waals surface area contributed by atoms with Gasteiger partial charge >= 0.3 is 6.03 Å². The number of rotatable bonds is 4. The molecule has 1 fully saturated rings. The Labute approximate surface area is 153 Å². The summed E-state index contributed by atoms with van der Waals surface area (Å²) < 4.78 is 0. The zero-order chi connectivity index (χ0) is 19.8. The van der Waals surface area contributed by atoms with Crippen LogP contribution in [-0.2, 0) is 10.3 Å². The minimum absolute atomic E-state index is 0.0653. The van der Waals surface area contributed by atoms with E-state index < -0.39 is 28.3 Å². The van der Waals surface area contributed by atoms with Crippen molar-refractivity contribution in [1.82, 2.24) is 10.6 Å². The first kappa shape index (κ1) is 18.1. The van der Waals surface area contributed by atoms with Gasteiger partial charge in [-0.15, -0.1) is 0 Å². The summed E-state index contributed by atoms with van der Waals surface area (Å²) in [6.45, 7) is 3.12. The monoisotopic (exact) mass is 368 g/mol. The van der Waals surface area contributed by atoms with E-state index in [1.807, 2.05) is 0 Å². The fraction of sp³-hybridized carbons (Fsp3) is 0.167. The van der Waals surface area contributed by atoms with Gasteiger partial charge in [-0.1, -0.05) is 12.1 Å². The van der Waals surface area contributed by atoms with E-state index in [9.17, 15) is 24.5 Å². The van der Waals surface area contributed by atoms with Crippen LogP contribution >= 0.6 is 0 Å². The highest BCUT2D eigenvalue weighted by Crippen LogP contribution is 2.27. The molecule has 0 bridgehead atoms. The van der Waals surface area contributed by atoms with E-state index in [1.165, 1.54) is 18.2 Å². The molecule has 1 aliphatic rings. The Morgan fingerprint density at radius 3 is 2.52 bits per heavy atom. The number of carbonyl (C=O) groups excluding carboxylic acids is 3. The van der Waals surface area contributed by atoms with E-state index in [4.69, 9.17) is 0 Å². The molecule has 27 heavy (non-hydrogen) atoms. The van der Waals surface area contributed by atoms with E-state index >= 15 is 0 Å². The molecule has 0 saturated carbocycles. The average molecular weight is 368 g/mol. The molecule has 1 atom stereocenters. The number of carbonyl (C=O) groups is 3. The number of amides is 4. The van der Waals surface area contributed by atoms with Crippen molar-refractivity contribution >= 4 is 29.2 Å². The summed E-state index contributed by atoms with van der Waals surface area (Å²) >= 11 is 0. The summed E-state index contributed by atoms with van der Waals surface area (Å²) in [7, 11) is 0. The Balaban J connectivity index is 1.84. The third kappa shape index (κ3) is 3.34. The lowest BCUT2D eigenvalue weighted by atomic mass is 9.92. The van der Waals surface area contributed by atoms with Crippen LogP contribution in [0.5, 0.6) is 0 Å². The number of nitrogens with zero attached hydrogens (tertiary/aromatic N) is 1. The van der Waals surface area contributed by atoms with Gasteiger partial charge in [0, 0.05) is 22.9 Å². The summed E-state index contributed by atoms with van der Waals surface area (Å²) in [5, 5.41) is 18.3. The van der Waals surface area contributed by atoms with Crippen molar-refractivity contribution in [2.45, 2.75) is 19.4 Å². The number of aryl methyl sites for hydroxylation is 1. The van der Waals surface area contributed by atoms with Crippen molar-refractivity contribution in [1.29, 1.82) is 0 Å². The standard InChI is InChI=1S/C18H16N4O5/c1-10-8-11(6-7-14(10)22(26)27)15(23)19-13-5-3-4-12(9-13)18(2)16(24)20-17(25)21-18/h3-9H,1-2H3,(H,19,23)(H2,20,21,24,25)/t18-/m0/s1. The minimum atomic E-state index is -1.23. The normalized spacial score (nSPS) is 18.6. The van der Waals surface area contributed by atoms with E-state index in [0.29, 0.717) is 16.8 Å². The highest BCUT2D eigenvalue weighted by atomic mass is 16.6. The van der Waals surface area contributed by atoms with Gasteiger partial charge in [-0.25, -0.2) is 4.79 Å². The summed E-state index contributed by atoms with van der Waals surface area (Å²) in [4.78, 5) is 46.3. The topological polar surface area (TPSA) is 130 Å². The molecule has 1 saturated heterocycles. The maximum Gasteiger partial charge on any atom is 0.322 e. The number of benzene rings is 2. The summed E-state index contributed by atoms with van der Waals surface area (Å²) in [5.74, 6) is -0.933. The van der Waals surface area contributed by atoms with E-state index in [0.717, 1.165) is 0 Å². The lowest BCUT2D eigenvalue weighted by Crippen LogP contribution is -2.40. The van der Waals surface area contributed by atoms with Gasteiger partial charge in [-0.2, -0.15) is 0 Å². The van der Waals surface area contributed by atoms with Gasteiger partial charge in [0.15, 0.2) is 0 Å².